The Morgan fingerprint density at radius 2 is 1.32 bits per heavy atom. The van der Waals surface area contributed by atoms with Gasteiger partial charge in [0.2, 0.25) is 0 Å². The molecule has 0 aromatic heterocycles. The second-order valence-corrected chi connectivity index (χ2v) is 8.12. The summed E-state index contributed by atoms with van der Waals surface area (Å²) in [5, 5.41) is 0. The fourth-order valence-corrected chi connectivity index (χ4v) is 3.25. The van der Waals surface area contributed by atoms with Gasteiger partial charge in [-0.25, -0.2) is 0 Å². The van der Waals surface area contributed by atoms with Crippen molar-refractivity contribution in [3.05, 3.63) is 35.9 Å². The van der Waals surface area contributed by atoms with Crippen LogP contribution in [0.5, 0.6) is 0 Å². The van der Waals surface area contributed by atoms with E-state index in [0.717, 1.165) is 44.1 Å². The predicted octanol–water partition coefficient (Wildman–Crippen LogP) is 6.38. The second-order valence-electron chi connectivity index (χ2n) is 8.12. The largest absolute Gasteiger partial charge is 0.462 e. The Bertz CT molecular complexity index is 572. The molecule has 0 bridgehead atoms. The first kappa shape index (κ1) is 27.2. The van der Waals surface area contributed by atoms with Crippen LogP contribution >= 0.6 is 0 Å². The SMILES string of the molecule is CCCCCCCC(=O)OC[C@@H](COCc1ccccc1)OC(=O)CCCCCCC. The molecule has 0 spiro atoms. The molecular weight excluding hydrogens is 392 g/mol. The molecule has 5 heteroatoms. The molecule has 0 amide bonds. The molecule has 0 heterocycles. The van der Waals surface area contributed by atoms with Gasteiger partial charge in [0.15, 0.2) is 6.10 Å². The molecule has 31 heavy (non-hydrogen) atoms. The van der Waals surface area contributed by atoms with Crippen LogP contribution in [0.4, 0.5) is 0 Å². The van der Waals surface area contributed by atoms with Crippen molar-refractivity contribution in [1.29, 1.82) is 0 Å². The van der Waals surface area contributed by atoms with Crippen LogP contribution in [-0.4, -0.2) is 31.3 Å². The minimum atomic E-state index is -0.573. The lowest BCUT2D eigenvalue weighted by atomic mass is 10.1. The van der Waals surface area contributed by atoms with E-state index in [-0.39, 0.29) is 25.2 Å². The minimum Gasteiger partial charge on any atom is -0.462 e. The zero-order valence-corrected chi connectivity index (χ0v) is 19.6. The van der Waals surface area contributed by atoms with Crippen molar-refractivity contribution in [2.75, 3.05) is 13.2 Å². The van der Waals surface area contributed by atoms with E-state index in [1.54, 1.807) is 0 Å². The van der Waals surface area contributed by atoms with Crippen LogP contribution in [0.25, 0.3) is 0 Å². The molecule has 0 aliphatic heterocycles. The third-order valence-corrected chi connectivity index (χ3v) is 5.11. The molecule has 1 aromatic carbocycles. The van der Waals surface area contributed by atoms with Crippen LogP contribution in [-0.2, 0) is 30.4 Å². The summed E-state index contributed by atoms with van der Waals surface area (Å²) in [6, 6.07) is 9.83. The number of benzene rings is 1. The summed E-state index contributed by atoms with van der Waals surface area (Å²) in [7, 11) is 0. The van der Waals surface area contributed by atoms with Crippen molar-refractivity contribution < 1.29 is 23.8 Å². The number of unbranched alkanes of at least 4 members (excludes halogenated alkanes) is 8. The molecule has 0 aliphatic rings. The van der Waals surface area contributed by atoms with Gasteiger partial charge in [-0.2, -0.15) is 0 Å². The van der Waals surface area contributed by atoms with Crippen molar-refractivity contribution in [2.45, 2.75) is 104 Å². The monoisotopic (exact) mass is 434 g/mol. The van der Waals surface area contributed by atoms with Gasteiger partial charge in [0.25, 0.3) is 0 Å². The zero-order chi connectivity index (χ0) is 22.6. The molecule has 5 nitrogen and oxygen atoms in total. The van der Waals surface area contributed by atoms with Crippen LogP contribution in [0.1, 0.15) is 96.5 Å². The first-order valence-corrected chi connectivity index (χ1v) is 12.1. The van der Waals surface area contributed by atoms with E-state index in [0.29, 0.717) is 19.4 Å². The summed E-state index contributed by atoms with van der Waals surface area (Å²) < 4.78 is 16.7. The zero-order valence-electron chi connectivity index (χ0n) is 19.6. The Morgan fingerprint density at radius 1 is 0.742 bits per heavy atom. The maximum atomic E-state index is 12.2. The predicted molar refractivity (Wildman–Crippen MR) is 124 cm³/mol. The molecule has 0 N–H and O–H groups in total. The number of hydrogen-bond donors (Lipinski definition) is 0. The second kappa shape index (κ2) is 18.9. The van der Waals surface area contributed by atoms with Crippen molar-refractivity contribution >= 4 is 11.9 Å². The highest BCUT2D eigenvalue weighted by Gasteiger charge is 2.17. The Kier molecular flexibility index (Phi) is 16.5. The fourth-order valence-electron chi connectivity index (χ4n) is 3.25. The third kappa shape index (κ3) is 15.6. The summed E-state index contributed by atoms with van der Waals surface area (Å²) in [6.45, 7) is 5.02. The van der Waals surface area contributed by atoms with Gasteiger partial charge in [-0.05, 0) is 18.4 Å². The van der Waals surface area contributed by atoms with Gasteiger partial charge < -0.3 is 14.2 Å². The van der Waals surface area contributed by atoms with Crippen molar-refractivity contribution in [3.8, 4) is 0 Å². The molecule has 1 rings (SSSR count). The van der Waals surface area contributed by atoms with Crippen molar-refractivity contribution in [3.63, 3.8) is 0 Å². The maximum absolute atomic E-state index is 12.2. The Morgan fingerprint density at radius 3 is 1.94 bits per heavy atom. The Hall–Kier alpha value is -1.88. The number of ether oxygens (including phenoxy) is 3. The number of carbonyl (C=O) groups is 2. The first-order valence-electron chi connectivity index (χ1n) is 12.1. The van der Waals surface area contributed by atoms with Crippen molar-refractivity contribution in [1.82, 2.24) is 0 Å². The molecule has 0 saturated heterocycles. The average Bonchev–Trinajstić information content (AvgIpc) is 2.77. The highest BCUT2D eigenvalue weighted by atomic mass is 16.6. The van der Waals surface area contributed by atoms with Gasteiger partial charge in [-0.15, -0.1) is 0 Å². The number of rotatable bonds is 19. The van der Waals surface area contributed by atoms with Crippen LogP contribution in [0.3, 0.4) is 0 Å². The summed E-state index contributed by atoms with van der Waals surface area (Å²) in [6.07, 6.45) is 11.0. The topological polar surface area (TPSA) is 61.8 Å². The molecule has 0 fully saturated rings. The van der Waals surface area contributed by atoms with Crippen molar-refractivity contribution in [2.24, 2.45) is 0 Å². The Labute approximate surface area is 188 Å². The maximum Gasteiger partial charge on any atom is 0.306 e. The molecule has 0 radical (unpaired) electrons. The molecular formula is C26H42O5. The quantitative estimate of drug-likeness (QED) is 0.187. The van der Waals surface area contributed by atoms with Gasteiger partial charge >= 0.3 is 11.9 Å². The van der Waals surface area contributed by atoms with E-state index in [4.69, 9.17) is 14.2 Å². The molecule has 176 valence electrons. The summed E-state index contributed by atoms with van der Waals surface area (Å²) in [4.78, 5) is 24.2. The minimum absolute atomic E-state index is 0.0458. The fraction of sp³-hybridized carbons (Fsp3) is 0.692. The third-order valence-electron chi connectivity index (χ3n) is 5.11. The number of carbonyl (C=O) groups excluding carboxylic acids is 2. The van der Waals surface area contributed by atoms with E-state index in [1.807, 2.05) is 30.3 Å². The first-order chi connectivity index (χ1) is 15.2. The number of hydrogen-bond acceptors (Lipinski definition) is 5. The molecule has 1 atom stereocenters. The van der Waals surface area contributed by atoms with E-state index in [9.17, 15) is 9.59 Å². The standard InChI is InChI=1S/C26H42O5/c1-3-5-7-9-14-18-25(27)30-22-24(21-29-20-23-16-12-11-13-17-23)31-26(28)19-15-10-8-6-4-2/h11-13,16-17,24H,3-10,14-15,18-22H2,1-2H3/t24-/m1/s1. The van der Waals surface area contributed by atoms with Crippen LogP contribution in [0.15, 0.2) is 30.3 Å². The number of esters is 2. The summed E-state index contributed by atoms with van der Waals surface area (Å²) in [5.41, 5.74) is 1.05. The lowest BCUT2D eigenvalue weighted by molar-refractivity contribution is -0.163. The van der Waals surface area contributed by atoms with E-state index in [2.05, 4.69) is 13.8 Å². The Balaban J connectivity index is 2.37. The van der Waals surface area contributed by atoms with Gasteiger partial charge in [0, 0.05) is 12.8 Å². The van der Waals surface area contributed by atoms with E-state index >= 15 is 0 Å². The summed E-state index contributed by atoms with van der Waals surface area (Å²) >= 11 is 0. The van der Waals surface area contributed by atoms with Crippen LogP contribution < -0.4 is 0 Å². The molecule has 0 unspecified atom stereocenters. The average molecular weight is 435 g/mol. The highest BCUT2D eigenvalue weighted by Crippen LogP contribution is 2.10. The van der Waals surface area contributed by atoms with Gasteiger partial charge in [-0.1, -0.05) is 95.5 Å². The van der Waals surface area contributed by atoms with E-state index < -0.39 is 6.10 Å². The lowest BCUT2D eigenvalue weighted by Crippen LogP contribution is -2.29. The molecule has 0 saturated carbocycles. The van der Waals surface area contributed by atoms with Crippen LogP contribution in [0.2, 0.25) is 0 Å². The lowest BCUT2D eigenvalue weighted by Gasteiger charge is -2.18. The molecule has 0 aliphatic carbocycles. The van der Waals surface area contributed by atoms with Gasteiger partial charge in [0.05, 0.1) is 13.2 Å². The normalized spacial score (nSPS) is 11.8. The molecule has 1 aromatic rings. The van der Waals surface area contributed by atoms with Crippen LogP contribution in [0, 0.1) is 0 Å². The smallest absolute Gasteiger partial charge is 0.306 e. The highest BCUT2D eigenvalue weighted by molar-refractivity contribution is 5.70. The van der Waals surface area contributed by atoms with E-state index in [1.165, 1.54) is 25.7 Å². The van der Waals surface area contributed by atoms with Gasteiger partial charge in [0.1, 0.15) is 6.61 Å². The van der Waals surface area contributed by atoms with Gasteiger partial charge in [-0.3, -0.25) is 9.59 Å². The summed E-state index contributed by atoms with van der Waals surface area (Å²) in [5.74, 6) is -0.486.